The average Bonchev–Trinajstić information content (AvgIpc) is 2.78. The molecule has 1 atom stereocenters. The van der Waals surface area contributed by atoms with Gasteiger partial charge in [0.05, 0.1) is 18.0 Å². The minimum Gasteiger partial charge on any atom is -0.390 e. The maximum absolute atomic E-state index is 12.2. The maximum atomic E-state index is 12.2. The summed E-state index contributed by atoms with van der Waals surface area (Å²) >= 11 is 1.55. The number of aromatic nitrogens is 1. The second-order valence-electron chi connectivity index (χ2n) is 5.76. The lowest BCUT2D eigenvalue weighted by molar-refractivity contribution is 0.141. The first kappa shape index (κ1) is 14.2. The summed E-state index contributed by atoms with van der Waals surface area (Å²) in [5.74, 6) is 0. The van der Waals surface area contributed by atoms with Crippen molar-refractivity contribution in [2.45, 2.75) is 39.0 Å². The Hall–Kier alpha value is -1.17. The van der Waals surface area contributed by atoms with E-state index in [-0.39, 0.29) is 11.1 Å². The lowest BCUT2D eigenvalue weighted by atomic mass is 10.1. The SMILES string of the molecule is CC(C)(C)NCC(O)Cn1ccc2sccc2c1=O. The molecule has 0 bridgehead atoms. The molecule has 2 rings (SSSR count). The largest absolute Gasteiger partial charge is 0.390 e. The number of β-amino-alcohol motifs (C(OH)–C–C–N with tert-alkyl or cyclic N) is 1. The van der Waals surface area contributed by atoms with Crippen LogP contribution in [0.1, 0.15) is 20.8 Å². The Morgan fingerprint density at radius 1 is 1.42 bits per heavy atom. The van der Waals surface area contributed by atoms with Crippen LogP contribution >= 0.6 is 11.3 Å². The fourth-order valence-corrected chi connectivity index (χ4v) is 2.64. The molecule has 0 aliphatic rings. The van der Waals surface area contributed by atoms with Gasteiger partial charge in [0.1, 0.15) is 0 Å². The summed E-state index contributed by atoms with van der Waals surface area (Å²) in [6.45, 7) is 6.92. The Kier molecular flexibility index (Phi) is 4.08. The molecule has 0 aliphatic carbocycles. The van der Waals surface area contributed by atoms with Crippen LogP contribution in [-0.2, 0) is 6.54 Å². The van der Waals surface area contributed by atoms with Gasteiger partial charge in [0.2, 0.25) is 0 Å². The highest BCUT2D eigenvalue weighted by atomic mass is 32.1. The van der Waals surface area contributed by atoms with Gasteiger partial charge in [0.25, 0.3) is 5.56 Å². The van der Waals surface area contributed by atoms with Crippen LogP contribution in [0.15, 0.2) is 28.5 Å². The smallest absolute Gasteiger partial charge is 0.259 e. The molecule has 1 unspecified atom stereocenters. The van der Waals surface area contributed by atoms with Crippen molar-refractivity contribution < 1.29 is 5.11 Å². The zero-order valence-corrected chi connectivity index (χ0v) is 12.3. The van der Waals surface area contributed by atoms with Gasteiger partial charge in [-0.3, -0.25) is 4.79 Å². The summed E-state index contributed by atoms with van der Waals surface area (Å²) < 4.78 is 2.56. The fraction of sp³-hybridized carbons (Fsp3) is 0.500. The highest BCUT2D eigenvalue weighted by Gasteiger charge is 2.13. The van der Waals surface area contributed by atoms with E-state index >= 15 is 0 Å². The number of rotatable bonds is 4. The van der Waals surface area contributed by atoms with E-state index in [0.29, 0.717) is 13.1 Å². The zero-order valence-electron chi connectivity index (χ0n) is 11.5. The highest BCUT2D eigenvalue weighted by molar-refractivity contribution is 7.17. The van der Waals surface area contributed by atoms with Crippen LogP contribution in [0.3, 0.4) is 0 Å². The van der Waals surface area contributed by atoms with E-state index in [1.165, 1.54) is 0 Å². The summed E-state index contributed by atoms with van der Waals surface area (Å²) in [6, 6.07) is 3.75. The van der Waals surface area contributed by atoms with E-state index in [1.807, 2.05) is 38.3 Å². The molecule has 104 valence electrons. The molecule has 0 saturated heterocycles. The van der Waals surface area contributed by atoms with Gasteiger partial charge >= 0.3 is 0 Å². The van der Waals surface area contributed by atoms with Gasteiger partial charge in [0, 0.05) is 23.0 Å². The maximum Gasteiger partial charge on any atom is 0.259 e. The summed E-state index contributed by atoms with van der Waals surface area (Å²) in [7, 11) is 0. The number of aliphatic hydroxyl groups excluding tert-OH is 1. The average molecular weight is 280 g/mol. The molecule has 0 aliphatic heterocycles. The third kappa shape index (κ3) is 3.65. The van der Waals surface area contributed by atoms with Crippen LogP contribution in [0.2, 0.25) is 0 Å². The molecule has 0 radical (unpaired) electrons. The third-order valence-corrected chi connectivity index (χ3v) is 3.75. The van der Waals surface area contributed by atoms with Gasteiger partial charge in [-0.25, -0.2) is 0 Å². The molecule has 5 heteroatoms. The van der Waals surface area contributed by atoms with Crippen molar-refractivity contribution in [1.29, 1.82) is 0 Å². The molecule has 0 saturated carbocycles. The summed E-state index contributed by atoms with van der Waals surface area (Å²) in [5, 5.41) is 15.9. The standard InChI is InChI=1S/C14H20N2O2S/c1-14(2,3)15-8-10(17)9-16-6-4-12-11(13(16)18)5-7-19-12/h4-7,10,15,17H,8-9H2,1-3H3. The first-order chi connectivity index (χ1) is 8.87. The van der Waals surface area contributed by atoms with Gasteiger partial charge < -0.3 is 15.0 Å². The van der Waals surface area contributed by atoms with Crippen molar-refractivity contribution in [3.8, 4) is 0 Å². The molecule has 0 fully saturated rings. The quantitative estimate of drug-likeness (QED) is 0.898. The van der Waals surface area contributed by atoms with Crippen LogP contribution in [0.5, 0.6) is 0 Å². The first-order valence-corrected chi connectivity index (χ1v) is 7.24. The minimum absolute atomic E-state index is 0.0337. The Morgan fingerprint density at radius 3 is 2.84 bits per heavy atom. The molecule has 2 N–H and O–H groups in total. The number of pyridine rings is 1. The van der Waals surface area contributed by atoms with E-state index in [4.69, 9.17) is 0 Å². The van der Waals surface area contributed by atoms with Crippen LogP contribution < -0.4 is 10.9 Å². The molecule has 19 heavy (non-hydrogen) atoms. The first-order valence-electron chi connectivity index (χ1n) is 6.36. The minimum atomic E-state index is -0.576. The second-order valence-corrected chi connectivity index (χ2v) is 6.70. The number of thiophene rings is 1. The molecule has 4 nitrogen and oxygen atoms in total. The van der Waals surface area contributed by atoms with E-state index in [9.17, 15) is 9.90 Å². The van der Waals surface area contributed by atoms with Crippen molar-refractivity contribution in [1.82, 2.24) is 9.88 Å². The van der Waals surface area contributed by atoms with Crippen LogP contribution in [0, 0.1) is 0 Å². The number of nitrogens with one attached hydrogen (secondary N) is 1. The number of hydrogen-bond acceptors (Lipinski definition) is 4. The molecule has 2 aromatic rings. The normalized spacial score (nSPS) is 13.9. The molecule has 2 heterocycles. The zero-order chi connectivity index (χ0) is 14.0. The van der Waals surface area contributed by atoms with Crippen molar-refractivity contribution in [2.24, 2.45) is 0 Å². The van der Waals surface area contributed by atoms with Crippen LogP contribution in [0.4, 0.5) is 0 Å². The number of aliphatic hydroxyl groups is 1. The van der Waals surface area contributed by atoms with Gasteiger partial charge in [-0.05, 0) is 38.3 Å². The van der Waals surface area contributed by atoms with E-state index in [2.05, 4.69) is 5.32 Å². The lowest BCUT2D eigenvalue weighted by Crippen LogP contribution is -2.42. The Labute approximate surface area is 116 Å². The van der Waals surface area contributed by atoms with Gasteiger partial charge in [-0.15, -0.1) is 11.3 Å². The van der Waals surface area contributed by atoms with Crippen molar-refractivity contribution in [2.75, 3.05) is 6.54 Å². The van der Waals surface area contributed by atoms with Crippen LogP contribution in [-0.4, -0.2) is 27.9 Å². The fourth-order valence-electron chi connectivity index (χ4n) is 1.87. The van der Waals surface area contributed by atoms with Crippen molar-refractivity contribution in [3.63, 3.8) is 0 Å². The molecule has 0 aromatic carbocycles. The topological polar surface area (TPSA) is 54.3 Å². The van der Waals surface area contributed by atoms with Crippen LogP contribution in [0.25, 0.3) is 10.1 Å². The number of nitrogens with zero attached hydrogens (tertiary/aromatic N) is 1. The lowest BCUT2D eigenvalue weighted by Gasteiger charge is -2.23. The van der Waals surface area contributed by atoms with E-state index in [1.54, 1.807) is 22.1 Å². The van der Waals surface area contributed by atoms with Crippen molar-refractivity contribution in [3.05, 3.63) is 34.1 Å². The molecule has 2 aromatic heterocycles. The predicted octanol–water partition coefficient (Wildman–Crippen LogP) is 1.81. The summed E-state index contributed by atoms with van der Waals surface area (Å²) in [6.07, 6.45) is 1.18. The third-order valence-electron chi connectivity index (χ3n) is 2.87. The van der Waals surface area contributed by atoms with Crippen molar-refractivity contribution >= 4 is 21.4 Å². The Balaban J connectivity index is 2.09. The second kappa shape index (κ2) is 5.45. The Morgan fingerprint density at radius 2 is 2.16 bits per heavy atom. The molecule has 0 spiro atoms. The monoisotopic (exact) mass is 280 g/mol. The molecular weight excluding hydrogens is 260 g/mol. The van der Waals surface area contributed by atoms with E-state index in [0.717, 1.165) is 10.1 Å². The molecule has 0 amide bonds. The summed E-state index contributed by atoms with van der Waals surface area (Å²) in [5.41, 5.74) is -0.0722. The van der Waals surface area contributed by atoms with Gasteiger partial charge in [-0.1, -0.05) is 0 Å². The Bertz CT molecular complexity index is 610. The number of hydrogen-bond donors (Lipinski definition) is 2. The molecular formula is C14H20N2O2S. The number of fused-ring (bicyclic) bond motifs is 1. The predicted molar refractivity (Wildman–Crippen MR) is 79.8 cm³/mol. The summed E-state index contributed by atoms with van der Waals surface area (Å²) in [4.78, 5) is 12.2. The highest BCUT2D eigenvalue weighted by Crippen LogP contribution is 2.16. The van der Waals surface area contributed by atoms with Gasteiger partial charge in [-0.2, -0.15) is 0 Å². The van der Waals surface area contributed by atoms with Gasteiger partial charge in [0.15, 0.2) is 0 Å². The van der Waals surface area contributed by atoms with E-state index < -0.39 is 6.10 Å².